The van der Waals surface area contributed by atoms with Crippen LogP contribution in [0.15, 0.2) is 17.1 Å². The molecule has 1 aromatic rings. The SMILES string of the molecule is CCNC(=NCc1cc2c(cc1OC(F)F)OCO2)NCCN1CCS(=O)(=O)CC1.I. The van der Waals surface area contributed by atoms with E-state index in [0.29, 0.717) is 55.7 Å². The molecule has 1 fully saturated rings. The van der Waals surface area contributed by atoms with Gasteiger partial charge in [-0.2, -0.15) is 8.78 Å². The van der Waals surface area contributed by atoms with Gasteiger partial charge < -0.3 is 24.8 Å². The molecule has 0 radical (unpaired) electrons. The van der Waals surface area contributed by atoms with Crippen molar-refractivity contribution in [3.8, 4) is 17.2 Å². The van der Waals surface area contributed by atoms with Gasteiger partial charge in [0.2, 0.25) is 6.79 Å². The van der Waals surface area contributed by atoms with E-state index in [4.69, 9.17) is 9.47 Å². The summed E-state index contributed by atoms with van der Waals surface area (Å²) in [7, 11) is -2.90. The first kappa shape index (κ1) is 25.6. The van der Waals surface area contributed by atoms with E-state index in [1.54, 1.807) is 6.07 Å². The van der Waals surface area contributed by atoms with Gasteiger partial charge in [-0.15, -0.1) is 24.0 Å². The lowest BCUT2D eigenvalue weighted by Crippen LogP contribution is -2.45. The van der Waals surface area contributed by atoms with Gasteiger partial charge in [0.1, 0.15) is 5.75 Å². The lowest BCUT2D eigenvalue weighted by molar-refractivity contribution is -0.0505. The molecule has 2 heterocycles. The van der Waals surface area contributed by atoms with Crippen molar-refractivity contribution < 1.29 is 31.4 Å². The highest BCUT2D eigenvalue weighted by molar-refractivity contribution is 14.0. The summed E-state index contributed by atoms with van der Waals surface area (Å²) >= 11 is 0. The van der Waals surface area contributed by atoms with E-state index in [9.17, 15) is 17.2 Å². The Morgan fingerprint density at radius 2 is 1.90 bits per heavy atom. The average molecular weight is 576 g/mol. The molecule has 31 heavy (non-hydrogen) atoms. The van der Waals surface area contributed by atoms with Crippen LogP contribution in [-0.4, -0.2) is 76.9 Å². The minimum atomic E-state index is -2.96. The number of benzene rings is 1. The highest BCUT2D eigenvalue weighted by Gasteiger charge is 2.21. The van der Waals surface area contributed by atoms with Gasteiger partial charge in [0.05, 0.1) is 18.1 Å². The second-order valence-electron chi connectivity index (χ2n) is 6.81. The molecule has 0 aromatic heterocycles. The highest BCUT2D eigenvalue weighted by Crippen LogP contribution is 2.39. The molecule has 2 N–H and O–H groups in total. The molecule has 0 amide bonds. The predicted molar refractivity (Wildman–Crippen MR) is 123 cm³/mol. The minimum Gasteiger partial charge on any atom is -0.454 e. The quantitative estimate of drug-likeness (QED) is 0.273. The summed E-state index contributed by atoms with van der Waals surface area (Å²) in [5.41, 5.74) is 0.443. The Hall–Kier alpha value is -1.61. The number of aliphatic imine (C=N–C) groups is 1. The van der Waals surface area contributed by atoms with E-state index < -0.39 is 16.4 Å². The molecule has 2 aliphatic rings. The molecule has 0 saturated carbocycles. The summed E-state index contributed by atoms with van der Waals surface area (Å²) in [5, 5.41) is 6.27. The topological polar surface area (TPSA) is 101 Å². The fraction of sp³-hybridized carbons (Fsp3) is 0.611. The van der Waals surface area contributed by atoms with Gasteiger partial charge >= 0.3 is 6.61 Å². The zero-order chi connectivity index (χ0) is 21.6. The maximum Gasteiger partial charge on any atom is 0.387 e. The first-order chi connectivity index (χ1) is 14.4. The molecular formula is C18H27F2IN4O5S. The molecule has 9 nitrogen and oxygen atoms in total. The summed E-state index contributed by atoms with van der Waals surface area (Å²) < 4.78 is 63.7. The number of halogens is 3. The number of hydrogen-bond acceptors (Lipinski definition) is 7. The molecule has 0 atom stereocenters. The van der Waals surface area contributed by atoms with Crippen molar-refractivity contribution in [1.29, 1.82) is 0 Å². The van der Waals surface area contributed by atoms with Gasteiger partial charge in [-0.1, -0.05) is 0 Å². The molecule has 13 heteroatoms. The van der Waals surface area contributed by atoms with Crippen LogP contribution in [0.2, 0.25) is 0 Å². The third kappa shape index (κ3) is 7.79. The smallest absolute Gasteiger partial charge is 0.387 e. The first-order valence-electron chi connectivity index (χ1n) is 9.68. The Balaban J connectivity index is 0.00000341. The molecule has 0 spiro atoms. The Bertz CT molecular complexity index is 859. The first-order valence-corrected chi connectivity index (χ1v) is 11.5. The predicted octanol–water partition coefficient (Wildman–Crippen LogP) is 1.42. The van der Waals surface area contributed by atoms with Crippen molar-refractivity contribution in [2.75, 3.05) is 51.0 Å². The number of sulfone groups is 1. The van der Waals surface area contributed by atoms with Crippen molar-refractivity contribution in [1.82, 2.24) is 15.5 Å². The number of hydrogen-bond donors (Lipinski definition) is 2. The van der Waals surface area contributed by atoms with Crippen molar-refractivity contribution in [3.63, 3.8) is 0 Å². The fourth-order valence-corrected chi connectivity index (χ4v) is 4.38. The van der Waals surface area contributed by atoms with Crippen LogP contribution in [0.3, 0.4) is 0 Å². The number of guanidine groups is 1. The Morgan fingerprint density at radius 3 is 2.55 bits per heavy atom. The summed E-state index contributed by atoms with van der Waals surface area (Å²) in [4.78, 5) is 6.52. The van der Waals surface area contributed by atoms with Crippen LogP contribution in [0.4, 0.5) is 8.78 Å². The number of fused-ring (bicyclic) bond motifs is 1. The van der Waals surface area contributed by atoms with Crippen LogP contribution >= 0.6 is 24.0 Å². The van der Waals surface area contributed by atoms with E-state index in [1.165, 1.54) is 6.07 Å². The van der Waals surface area contributed by atoms with Gasteiger partial charge in [0, 0.05) is 44.4 Å². The van der Waals surface area contributed by atoms with Crippen LogP contribution in [0.5, 0.6) is 17.2 Å². The number of nitrogens with zero attached hydrogens (tertiary/aromatic N) is 2. The maximum atomic E-state index is 12.8. The molecule has 3 rings (SSSR count). The van der Waals surface area contributed by atoms with Crippen molar-refractivity contribution in [2.45, 2.75) is 20.1 Å². The van der Waals surface area contributed by atoms with E-state index in [2.05, 4.69) is 25.3 Å². The number of nitrogens with one attached hydrogen (secondary N) is 2. The molecule has 1 saturated heterocycles. The highest BCUT2D eigenvalue weighted by atomic mass is 127. The lowest BCUT2D eigenvalue weighted by atomic mass is 10.1. The van der Waals surface area contributed by atoms with E-state index in [-0.39, 0.29) is 54.6 Å². The standard InChI is InChI=1S/C18H26F2N4O5S.HI/c1-2-21-18(22-3-4-24-5-7-30(25,26)8-6-24)23-11-13-9-15-16(28-12-27-15)10-14(13)29-17(19)20;/h9-10,17H,2-8,11-12H2,1H3,(H2,21,22,23);1H. The largest absolute Gasteiger partial charge is 0.454 e. The zero-order valence-corrected chi connectivity index (χ0v) is 20.3. The van der Waals surface area contributed by atoms with Crippen LogP contribution in [-0.2, 0) is 16.4 Å². The van der Waals surface area contributed by atoms with Gasteiger partial charge in [-0.25, -0.2) is 13.4 Å². The van der Waals surface area contributed by atoms with Crippen molar-refractivity contribution >= 4 is 39.8 Å². The fourth-order valence-electron chi connectivity index (χ4n) is 3.11. The third-order valence-electron chi connectivity index (χ3n) is 4.68. The van der Waals surface area contributed by atoms with Crippen LogP contribution in [0.25, 0.3) is 0 Å². The van der Waals surface area contributed by atoms with E-state index in [1.807, 2.05) is 6.92 Å². The molecule has 0 aliphatic carbocycles. The third-order valence-corrected chi connectivity index (χ3v) is 6.29. The Kier molecular flexibility index (Phi) is 9.81. The second-order valence-corrected chi connectivity index (χ2v) is 9.11. The van der Waals surface area contributed by atoms with Gasteiger partial charge in [-0.3, -0.25) is 4.90 Å². The van der Waals surface area contributed by atoms with Crippen molar-refractivity contribution in [3.05, 3.63) is 17.7 Å². The molecule has 0 bridgehead atoms. The maximum absolute atomic E-state index is 12.8. The lowest BCUT2D eigenvalue weighted by Gasteiger charge is -2.26. The molecule has 176 valence electrons. The number of ether oxygens (including phenoxy) is 3. The molecular weight excluding hydrogens is 549 g/mol. The molecule has 0 unspecified atom stereocenters. The number of alkyl halides is 2. The molecule has 1 aromatic carbocycles. The summed E-state index contributed by atoms with van der Waals surface area (Å²) in [5.74, 6) is 1.68. The summed E-state index contributed by atoms with van der Waals surface area (Å²) in [6.07, 6.45) is 0. The Morgan fingerprint density at radius 1 is 1.23 bits per heavy atom. The number of rotatable bonds is 8. The van der Waals surface area contributed by atoms with Crippen LogP contribution in [0, 0.1) is 0 Å². The zero-order valence-electron chi connectivity index (χ0n) is 17.1. The van der Waals surface area contributed by atoms with E-state index in [0.717, 1.165) is 0 Å². The van der Waals surface area contributed by atoms with Gasteiger partial charge in [0.25, 0.3) is 0 Å². The monoisotopic (exact) mass is 576 g/mol. The van der Waals surface area contributed by atoms with Crippen molar-refractivity contribution in [2.24, 2.45) is 4.99 Å². The van der Waals surface area contributed by atoms with E-state index >= 15 is 0 Å². The summed E-state index contributed by atoms with van der Waals surface area (Å²) in [6.45, 7) is 1.96. The van der Waals surface area contributed by atoms with Gasteiger partial charge in [-0.05, 0) is 13.0 Å². The van der Waals surface area contributed by atoms with Crippen LogP contribution < -0.4 is 24.8 Å². The van der Waals surface area contributed by atoms with Gasteiger partial charge in [0.15, 0.2) is 27.3 Å². The molecule has 2 aliphatic heterocycles. The average Bonchev–Trinajstić information content (AvgIpc) is 3.14. The normalized spacial score (nSPS) is 17.9. The Labute approximate surface area is 197 Å². The minimum absolute atomic E-state index is 0. The van der Waals surface area contributed by atoms with Crippen LogP contribution in [0.1, 0.15) is 12.5 Å². The summed E-state index contributed by atoms with van der Waals surface area (Å²) in [6, 6.07) is 2.96. The second kappa shape index (κ2) is 11.9.